The second-order valence-electron chi connectivity index (χ2n) is 5.94. The van der Waals surface area contributed by atoms with Crippen LogP contribution in [0.15, 0.2) is 22.6 Å². The fourth-order valence-electron chi connectivity index (χ4n) is 3.14. The van der Waals surface area contributed by atoms with Crippen molar-refractivity contribution < 1.29 is 22.5 Å². The highest BCUT2D eigenvalue weighted by Gasteiger charge is 2.45. The number of oxazole rings is 1. The van der Waals surface area contributed by atoms with Crippen molar-refractivity contribution in [2.75, 3.05) is 0 Å². The molecule has 1 aromatic heterocycles. The highest BCUT2D eigenvalue weighted by Crippen LogP contribution is 2.37. The second-order valence-corrected chi connectivity index (χ2v) is 5.94. The van der Waals surface area contributed by atoms with Crippen LogP contribution in [0.5, 0.6) is 0 Å². The van der Waals surface area contributed by atoms with E-state index in [-0.39, 0.29) is 24.5 Å². The molecule has 24 heavy (non-hydrogen) atoms. The maximum absolute atomic E-state index is 13.1. The Morgan fingerprint density at radius 3 is 2.79 bits per heavy atom. The first-order valence-electron chi connectivity index (χ1n) is 7.68. The molecule has 0 amide bonds. The molecule has 6 nitrogen and oxygen atoms in total. The molecule has 130 valence electrons. The third-order valence-electron chi connectivity index (χ3n) is 4.33. The van der Waals surface area contributed by atoms with Crippen molar-refractivity contribution in [3.8, 4) is 0 Å². The minimum Gasteiger partial charge on any atom is -0.439 e. The number of hydrogen-bond donors (Lipinski definition) is 1. The van der Waals surface area contributed by atoms with Crippen LogP contribution in [0.1, 0.15) is 31.6 Å². The van der Waals surface area contributed by atoms with Gasteiger partial charge < -0.3 is 9.73 Å². The average molecular weight is 343 g/mol. The molecule has 1 fully saturated rings. The lowest BCUT2D eigenvalue weighted by atomic mass is 9.84. The van der Waals surface area contributed by atoms with E-state index in [0.717, 1.165) is 6.42 Å². The second kappa shape index (κ2) is 6.39. The van der Waals surface area contributed by atoms with Crippen LogP contribution in [0.2, 0.25) is 0 Å². The molecule has 3 rings (SSSR count). The Hall–Kier alpha value is -2.16. The zero-order valence-electron chi connectivity index (χ0n) is 12.7. The monoisotopic (exact) mass is 343 g/mol. The van der Waals surface area contributed by atoms with E-state index in [0.29, 0.717) is 23.9 Å². The van der Waals surface area contributed by atoms with Crippen molar-refractivity contribution in [2.45, 2.75) is 44.4 Å². The van der Waals surface area contributed by atoms with Crippen LogP contribution < -0.4 is 5.32 Å². The van der Waals surface area contributed by atoms with Crippen LogP contribution in [0, 0.1) is 16.0 Å². The van der Waals surface area contributed by atoms with Gasteiger partial charge in [-0.15, -0.1) is 0 Å². The van der Waals surface area contributed by atoms with Gasteiger partial charge in [0.1, 0.15) is 5.52 Å². The predicted octanol–water partition coefficient (Wildman–Crippen LogP) is 3.95. The summed E-state index contributed by atoms with van der Waals surface area (Å²) in [5.41, 5.74) is 0.574. The van der Waals surface area contributed by atoms with Crippen LogP contribution in [0.25, 0.3) is 11.1 Å². The molecule has 1 aromatic carbocycles. The zero-order valence-corrected chi connectivity index (χ0v) is 12.7. The number of nitro benzene ring substituents is 1. The summed E-state index contributed by atoms with van der Waals surface area (Å²) in [5, 5.41) is 13.6. The highest BCUT2D eigenvalue weighted by atomic mass is 19.4. The van der Waals surface area contributed by atoms with Crippen LogP contribution in [-0.2, 0) is 6.54 Å². The van der Waals surface area contributed by atoms with Gasteiger partial charge >= 0.3 is 6.18 Å². The number of aromatic nitrogens is 1. The lowest BCUT2D eigenvalue weighted by Crippen LogP contribution is -2.45. The van der Waals surface area contributed by atoms with Gasteiger partial charge in [0, 0.05) is 18.2 Å². The van der Waals surface area contributed by atoms with Gasteiger partial charge in [-0.2, -0.15) is 13.2 Å². The van der Waals surface area contributed by atoms with Gasteiger partial charge in [0.05, 0.1) is 17.4 Å². The number of non-ortho nitro benzene ring substituents is 1. The lowest BCUT2D eigenvalue weighted by molar-refractivity contribution is -0.384. The van der Waals surface area contributed by atoms with Gasteiger partial charge in [-0.3, -0.25) is 10.1 Å². The molecule has 1 aliphatic rings. The first-order chi connectivity index (χ1) is 11.3. The molecule has 0 radical (unpaired) electrons. The van der Waals surface area contributed by atoms with Crippen LogP contribution in [0.4, 0.5) is 18.9 Å². The van der Waals surface area contributed by atoms with E-state index < -0.39 is 23.1 Å². The summed E-state index contributed by atoms with van der Waals surface area (Å²) in [7, 11) is 0. The minimum atomic E-state index is -4.22. The summed E-state index contributed by atoms with van der Waals surface area (Å²) in [6.07, 6.45) is -2.31. The molecule has 0 saturated heterocycles. The van der Waals surface area contributed by atoms with Crippen LogP contribution >= 0.6 is 0 Å². The van der Waals surface area contributed by atoms with Crippen molar-refractivity contribution in [3.05, 3.63) is 34.2 Å². The first kappa shape index (κ1) is 16.7. The third kappa shape index (κ3) is 3.50. The Labute approximate surface area is 135 Å². The standard InChI is InChI=1S/C15H16F3N3O3/c16-15(17,18)10-3-1-2-4-11(10)19-8-14-20-12-7-9(21(22)23)5-6-13(12)24-14/h5-7,10-11,19H,1-4,8H2. The van der Waals surface area contributed by atoms with Crippen LogP contribution in [-0.4, -0.2) is 22.1 Å². The Balaban J connectivity index is 1.71. The summed E-state index contributed by atoms with van der Waals surface area (Å²) >= 11 is 0. The molecule has 1 N–H and O–H groups in total. The molecule has 2 unspecified atom stereocenters. The summed E-state index contributed by atoms with van der Waals surface area (Å²) in [4.78, 5) is 14.3. The number of rotatable bonds is 4. The molecular formula is C15H16F3N3O3. The van der Waals surface area contributed by atoms with Crippen molar-refractivity contribution in [3.63, 3.8) is 0 Å². The lowest BCUT2D eigenvalue weighted by Gasteiger charge is -2.33. The van der Waals surface area contributed by atoms with E-state index in [1.807, 2.05) is 0 Å². The van der Waals surface area contributed by atoms with E-state index in [4.69, 9.17) is 4.42 Å². The Morgan fingerprint density at radius 2 is 2.08 bits per heavy atom. The van der Waals surface area contributed by atoms with Gasteiger partial charge in [-0.25, -0.2) is 4.98 Å². The van der Waals surface area contributed by atoms with Gasteiger partial charge in [0.15, 0.2) is 5.58 Å². The molecule has 1 aliphatic carbocycles. The zero-order chi connectivity index (χ0) is 17.3. The van der Waals surface area contributed by atoms with Gasteiger partial charge in [-0.1, -0.05) is 12.8 Å². The Bertz CT molecular complexity index is 744. The van der Waals surface area contributed by atoms with E-state index in [2.05, 4.69) is 10.3 Å². The summed E-state index contributed by atoms with van der Waals surface area (Å²) in [6.45, 7) is 0.0553. The number of halogens is 3. The number of nitrogens with zero attached hydrogens (tertiary/aromatic N) is 2. The molecule has 0 aliphatic heterocycles. The average Bonchev–Trinajstić information content (AvgIpc) is 2.94. The van der Waals surface area contributed by atoms with E-state index in [1.165, 1.54) is 18.2 Å². The molecule has 0 spiro atoms. The van der Waals surface area contributed by atoms with Gasteiger partial charge in [0.25, 0.3) is 5.69 Å². The number of nitro groups is 1. The molecular weight excluding hydrogens is 327 g/mol. The van der Waals surface area contributed by atoms with Crippen LogP contribution in [0.3, 0.4) is 0 Å². The summed E-state index contributed by atoms with van der Waals surface area (Å²) in [6, 6.07) is 3.35. The molecule has 2 aromatic rings. The molecule has 1 heterocycles. The Kier molecular flexibility index (Phi) is 4.44. The number of benzene rings is 1. The van der Waals surface area contributed by atoms with Crippen molar-refractivity contribution in [1.82, 2.24) is 10.3 Å². The van der Waals surface area contributed by atoms with Gasteiger partial charge in [0.2, 0.25) is 5.89 Å². The van der Waals surface area contributed by atoms with Crippen molar-refractivity contribution >= 4 is 16.8 Å². The maximum Gasteiger partial charge on any atom is 0.393 e. The summed E-state index contributed by atoms with van der Waals surface area (Å²) in [5.74, 6) is -1.14. The largest absolute Gasteiger partial charge is 0.439 e. The minimum absolute atomic E-state index is 0.0553. The number of nitrogens with one attached hydrogen (secondary N) is 1. The first-order valence-corrected chi connectivity index (χ1v) is 7.68. The topological polar surface area (TPSA) is 81.2 Å². The maximum atomic E-state index is 13.1. The van der Waals surface area contributed by atoms with E-state index >= 15 is 0 Å². The van der Waals surface area contributed by atoms with Gasteiger partial charge in [-0.05, 0) is 18.9 Å². The number of hydrogen-bond acceptors (Lipinski definition) is 5. The normalized spacial score (nSPS) is 22.0. The Morgan fingerprint density at radius 1 is 1.33 bits per heavy atom. The molecule has 0 bridgehead atoms. The summed E-state index contributed by atoms with van der Waals surface area (Å²) < 4.78 is 44.6. The fourth-order valence-corrected chi connectivity index (χ4v) is 3.14. The predicted molar refractivity (Wildman–Crippen MR) is 79.3 cm³/mol. The molecule has 1 saturated carbocycles. The SMILES string of the molecule is O=[N+]([O-])c1ccc2oc(CNC3CCCCC3C(F)(F)F)nc2c1. The molecule has 2 atom stereocenters. The smallest absolute Gasteiger partial charge is 0.393 e. The highest BCUT2D eigenvalue weighted by molar-refractivity contribution is 5.75. The number of alkyl halides is 3. The van der Waals surface area contributed by atoms with E-state index in [1.54, 1.807) is 0 Å². The van der Waals surface area contributed by atoms with Crippen molar-refractivity contribution in [1.29, 1.82) is 0 Å². The molecule has 9 heteroatoms. The van der Waals surface area contributed by atoms with Crippen molar-refractivity contribution in [2.24, 2.45) is 5.92 Å². The third-order valence-corrected chi connectivity index (χ3v) is 4.33. The quantitative estimate of drug-likeness (QED) is 0.671. The van der Waals surface area contributed by atoms with E-state index in [9.17, 15) is 23.3 Å². The fraction of sp³-hybridized carbons (Fsp3) is 0.533. The number of fused-ring (bicyclic) bond motifs is 1.